The molecule has 4 nitrogen and oxygen atoms in total. The van der Waals surface area contributed by atoms with Crippen molar-refractivity contribution in [2.75, 3.05) is 6.61 Å². The molecule has 0 saturated heterocycles. The summed E-state index contributed by atoms with van der Waals surface area (Å²) in [5.74, 6) is 1.52. The van der Waals surface area contributed by atoms with Crippen LogP contribution in [0.1, 0.15) is 39.1 Å². The van der Waals surface area contributed by atoms with Gasteiger partial charge < -0.3 is 15.0 Å². The maximum absolute atomic E-state index is 9.18. The summed E-state index contributed by atoms with van der Waals surface area (Å²) in [5.41, 5.74) is 2.18. The molecule has 2 N–H and O–H groups in total. The Morgan fingerprint density at radius 1 is 1.25 bits per heavy atom. The Balaban J connectivity index is 2.22. The number of aromatic nitrogens is 2. The molecule has 0 spiro atoms. The predicted octanol–water partition coefficient (Wildman–Crippen LogP) is 2.63. The highest BCUT2D eigenvalue weighted by Crippen LogP contribution is 2.20. The molecule has 2 unspecified atom stereocenters. The normalized spacial score (nSPS) is 14.9. The number of imidazole rings is 1. The van der Waals surface area contributed by atoms with Crippen LogP contribution in [0.2, 0.25) is 0 Å². The summed E-state index contributed by atoms with van der Waals surface area (Å²) in [6.07, 6.45) is 0.770. The van der Waals surface area contributed by atoms with Crippen LogP contribution in [-0.4, -0.2) is 27.3 Å². The van der Waals surface area contributed by atoms with Gasteiger partial charge in [0.1, 0.15) is 5.82 Å². The van der Waals surface area contributed by atoms with Crippen molar-refractivity contribution in [3.8, 4) is 0 Å². The Labute approximate surface area is 120 Å². The van der Waals surface area contributed by atoms with Crippen molar-refractivity contribution in [2.45, 2.75) is 39.3 Å². The van der Waals surface area contributed by atoms with Gasteiger partial charge in [-0.25, -0.2) is 4.98 Å². The second kappa shape index (κ2) is 6.37. The van der Waals surface area contributed by atoms with Crippen molar-refractivity contribution in [1.29, 1.82) is 0 Å². The third-order valence-corrected chi connectivity index (χ3v) is 3.92. The van der Waals surface area contributed by atoms with Gasteiger partial charge in [-0.15, -0.1) is 0 Å². The van der Waals surface area contributed by atoms with Gasteiger partial charge in [0.2, 0.25) is 0 Å². The molecule has 1 aromatic heterocycles. The molecule has 0 saturated carbocycles. The number of benzene rings is 1. The van der Waals surface area contributed by atoms with Crippen LogP contribution in [0.4, 0.5) is 0 Å². The first-order valence-corrected chi connectivity index (χ1v) is 7.32. The Morgan fingerprint density at radius 3 is 2.55 bits per heavy atom. The number of nitrogens with zero attached hydrogens (tertiary/aromatic N) is 2. The number of aliphatic hydroxyl groups is 1. The zero-order valence-corrected chi connectivity index (χ0v) is 12.8. The molecule has 1 aromatic carbocycles. The lowest BCUT2D eigenvalue weighted by atomic mass is 10.0. The molecule has 1 heterocycles. The van der Waals surface area contributed by atoms with Gasteiger partial charge in [-0.2, -0.15) is 0 Å². The fourth-order valence-electron chi connectivity index (χ4n) is 2.70. The number of aryl methyl sites for hydroxylation is 1. The maximum Gasteiger partial charge on any atom is 0.126 e. The average Bonchev–Trinajstić information content (AvgIpc) is 2.76. The molecular formula is C16H25N3O. The molecule has 0 aliphatic heterocycles. The lowest BCUT2D eigenvalue weighted by molar-refractivity contribution is 0.235. The van der Waals surface area contributed by atoms with Crippen molar-refractivity contribution in [3.05, 3.63) is 30.1 Å². The van der Waals surface area contributed by atoms with E-state index < -0.39 is 0 Å². The second-order valence-corrected chi connectivity index (χ2v) is 5.77. The van der Waals surface area contributed by atoms with Crippen LogP contribution < -0.4 is 5.32 Å². The number of para-hydroxylation sites is 2. The number of nitrogens with one attached hydrogen (secondary N) is 1. The quantitative estimate of drug-likeness (QED) is 0.852. The van der Waals surface area contributed by atoms with E-state index in [1.807, 2.05) is 18.2 Å². The molecule has 20 heavy (non-hydrogen) atoms. The summed E-state index contributed by atoms with van der Waals surface area (Å²) in [6.45, 7) is 6.70. The molecule has 0 aliphatic carbocycles. The summed E-state index contributed by atoms with van der Waals surface area (Å²) in [4.78, 5) is 4.72. The first kappa shape index (κ1) is 15.0. The molecule has 0 fully saturated rings. The largest absolute Gasteiger partial charge is 0.396 e. The van der Waals surface area contributed by atoms with E-state index in [9.17, 15) is 5.11 Å². The van der Waals surface area contributed by atoms with E-state index in [1.54, 1.807) is 0 Å². The van der Waals surface area contributed by atoms with Gasteiger partial charge >= 0.3 is 0 Å². The van der Waals surface area contributed by atoms with Crippen LogP contribution in [0.3, 0.4) is 0 Å². The third-order valence-electron chi connectivity index (χ3n) is 3.92. The molecule has 0 aliphatic rings. The number of fused-ring (bicyclic) bond motifs is 1. The molecule has 0 radical (unpaired) electrons. The average molecular weight is 275 g/mol. The summed E-state index contributed by atoms with van der Waals surface area (Å²) < 4.78 is 2.14. The first-order valence-electron chi connectivity index (χ1n) is 7.32. The fraction of sp³-hybridized carbons (Fsp3) is 0.562. The fourth-order valence-corrected chi connectivity index (χ4v) is 2.70. The van der Waals surface area contributed by atoms with Gasteiger partial charge in [0.15, 0.2) is 0 Å². The summed E-state index contributed by atoms with van der Waals surface area (Å²) in [7, 11) is 2.05. The first-order chi connectivity index (χ1) is 9.54. The van der Waals surface area contributed by atoms with Gasteiger partial charge in [-0.1, -0.05) is 26.0 Å². The van der Waals surface area contributed by atoms with Crippen LogP contribution in [-0.2, 0) is 7.05 Å². The van der Waals surface area contributed by atoms with Crippen LogP contribution >= 0.6 is 0 Å². The van der Waals surface area contributed by atoms with Gasteiger partial charge in [0.25, 0.3) is 0 Å². The molecule has 0 amide bonds. The number of hydrogen-bond donors (Lipinski definition) is 2. The van der Waals surface area contributed by atoms with Crippen molar-refractivity contribution in [3.63, 3.8) is 0 Å². The highest BCUT2D eigenvalue weighted by Gasteiger charge is 2.19. The standard InChI is InChI=1S/C16H25N3O/c1-11(2)13(9-10-20)17-12(3)16-18-14-7-5-6-8-15(14)19(16)4/h5-8,11-13,17,20H,9-10H2,1-4H3. The van der Waals surface area contributed by atoms with E-state index in [0.29, 0.717) is 12.0 Å². The number of rotatable bonds is 6. The lowest BCUT2D eigenvalue weighted by Crippen LogP contribution is -2.37. The monoisotopic (exact) mass is 275 g/mol. The van der Waals surface area contributed by atoms with Crippen LogP contribution in [0.15, 0.2) is 24.3 Å². The van der Waals surface area contributed by atoms with E-state index >= 15 is 0 Å². The highest BCUT2D eigenvalue weighted by molar-refractivity contribution is 5.75. The zero-order valence-electron chi connectivity index (χ0n) is 12.8. The van der Waals surface area contributed by atoms with Crippen LogP contribution in [0.25, 0.3) is 11.0 Å². The molecular weight excluding hydrogens is 250 g/mol. The van der Waals surface area contributed by atoms with Gasteiger partial charge in [-0.05, 0) is 31.4 Å². The third kappa shape index (κ3) is 3.02. The Morgan fingerprint density at radius 2 is 1.95 bits per heavy atom. The minimum absolute atomic E-state index is 0.159. The molecule has 0 bridgehead atoms. The van der Waals surface area contributed by atoms with E-state index in [2.05, 4.69) is 43.8 Å². The molecule has 110 valence electrons. The van der Waals surface area contributed by atoms with Crippen molar-refractivity contribution < 1.29 is 5.11 Å². The minimum atomic E-state index is 0.159. The van der Waals surface area contributed by atoms with E-state index in [0.717, 1.165) is 23.3 Å². The maximum atomic E-state index is 9.18. The van der Waals surface area contributed by atoms with E-state index in [1.165, 1.54) is 0 Å². The van der Waals surface area contributed by atoms with E-state index in [4.69, 9.17) is 4.98 Å². The van der Waals surface area contributed by atoms with E-state index in [-0.39, 0.29) is 12.6 Å². The highest BCUT2D eigenvalue weighted by atomic mass is 16.3. The summed E-state index contributed by atoms with van der Waals surface area (Å²) >= 11 is 0. The van der Waals surface area contributed by atoms with Crippen molar-refractivity contribution >= 4 is 11.0 Å². The molecule has 2 aromatic rings. The predicted molar refractivity (Wildman–Crippen MR) is 82.6 cm³/mol. The van der Waals surface area contributed by atoms with Crippen molar-refractivity contribution in [2.24, 2.45) is 13.0 Å². The van der Waals surface area contributed by atoms with Crippen molar-refractivity contribution in [1.82, 2.24) is 14.9 Å². The Kier molecular flexibility index (Phi) is 4.78. The second-order valence-electron chi connectivity index (χ2n) is 5.77. The van der Waals surface area contributed by atoms with Crippen LogP contribution in [0, 0.1) is 5.92 Å². The van der Waals surface area contributed by atoms with Gasteiger partial charge in [-0.3, -0.25) is 0 Å². The zero-order chi connectivity index (χ0) is 14.7. The topological polar surface area (TPSA) is 50.1 Å². The molecule has 2 atom stereocenters. The Bertz CT molecular complexity index is 562. The Hall–Kier alpha value is -1.39. The smallest absolute Gasteiger partial charge is 0.126 e. The number of hydrogen-bond acceptors (Lipinski definition) is 3. The van der Waals surface area contributed by atoms with Gasteiger partial charge in [0.05, 0.1) is 17.1 Å². The molecule has 4 heteroatoms. The van der Waals surface area contributed by atoms with Crippen LogP contribution in [0.5, 0.6) is 0 Å². The number of aliphatic hydroxyl groups excluding tert-OH is 1. The minimum Gasteiger partial charge on any atom is -0.396 e. The lowest BCUT2D eigenvalue weighted by Gasteiger charge is -2.25. The molecule has 2 rings (SSSR count). The van der Waals surface area contributed by atoms with Gasteiger partial charge in [0, 0.05) is 19.7 Å². The SMILES string of the molecule is CC(NC(CCO)C(C)C)c1nc2ccccc2n1C. The summed E-state index contributed by atoms with van der Waals surface area (Å²) in [6, 6.07) is 8.64. The summed E-state index contributed by atoms with van der Waals surface area (Å²) in [5, 5.41) is 12.8.